The van der Waals surface area contributed by atoms with E-state index in [0.717, 1.165) is 30.8 Å². The first-order chi connectivity index (χ1) is 9.61. The van der Waals surface area contributed by atoms with E-state index in [9.17, 15) is 4.79 Å². The van der Waals surface area contributed by atoms with Crippen LogP contribution < -0.4 is 5.32 Å². The van der Waals surface area contributed by atoms with E-state index in [-0.39, 0.29) is 11.9 Å². The van der Waals surface area contributed by atoms with Gasteiger partial charge in [-0.25, -0.2) is 0 Å². The normalized spacial score (nSPS) is 17.1. The van der Waals surface area contributed by atoms with Crippen molar-refractivity contribution >= 4 is 5.91 Å². The summed E-state index contributed by atoms with van der Waals surface area (Å²) in [7, 11) is 0. The number of hydrogen-bond donors (Lipinski definition) is 1. The van der Waals surface area contributed by atoms with Gasteiger partial charge in [0, 0.05) is 18.4 Å². The Bertz CT molecular complexity index is 467. The summed E-state index contributed by atoms with van der Waals surface area (Å²) in [5, 5.41) is 3.07. The van der Waals surface area contributed by atoms with Crippen LogP contribution in [0.15, 0.2) is 12.3 Å². The third-order valence-corrected chi connectivity index (χ3v) is 4.08. The van der Waals surface area contributed by atoms with Gasteiger partial charge in [-0.05, 0) is 63.4 Å². The molecular formula is C16H25N3O. The van der Waals surface area contributed by atoms with Crippen molar-refractivity contribution in [3.05, 3.63) is 29.1 Å². The molecular weight excluding hydrogens is 250 g/mol. The maximum absolute atomic E-state index is 12.3. The molecule has 1 unspecified atom stereocenters. The molecule has 0 saturated carbocycles. The van der Waals surface area contributed by atoms with E-state index >= 15 is 0 Å². The first-order valence-electron chi connectivity index (χ1n) is 7.55. The second kappa shape index (κ2) is 6.84. The maximum Gasteiger partial charge on any atom is 0.237 e. The summed E-state index contributed by atoms with van der Waals surface area (Å²) in [5.74, 6) is 0.148. The number of nitrogens with zero attached hydrogens (tertiary/aromatic N) is 2. The minimum Gasteiger partial charge on any atom is -0.351 e. The Kier molecular flexibility index (Phi) is 5.12. The van der Waals surface area contributed by atoms with Crippen molar-refractivity contribution in [3.63, 3.8) is 0 Å². The summed E-state index contributed by atoms with van der Waals surface area (Å²) < 4.78 is 0. The number of likely N-dealkylation sites (tertiary alicyclic amines) is 1. The van der Waals surface area contributed by atoms with Crippen LogP contribution in [0.25, 0.3) is 0 Å². The summed E-state index contributed by atoms with van der Waals surface area (Å²) in [6.07, 6.45) is 5.16. The Balaban J connectivity index is 1.93. The molecule has 1 N–H and O–H groups in total. The van der Waals surface area contributed by atoms with Crippen LogP contribution in [-0.2, 0) is 11.3 Å². The molecule has 0 spiro atoms. The highest BCUT2D eigenvalue weighted by molar-refractivity contribution is 5.81. The molecule has 0 radical (unpaired) electrons. The monoisotopic (exact) mass is 275 g/mol. The van der Waals surface area contributed by atoms with Crippen molar-refractivity contribution in [2.45, 2.75) is 52.6 Å². The molecule has 1 amide bonds. The van der Waals surface area contributed by atoms with Gasteiger partial charge < -0.3 is 5.32 Å². The highest BCUT2D eigenvalue weighted by Crippen LogP contribution is 2.14. The number of carbonyl (C=O) groups excluding carboxylic acids is 1. The van der Waals surface area contributed by atoms with Crippen molar-refractivity contribution in [3.8, 4) is 0 Å². The van der Waals surface area contributed by atoms with Gasteiger partial charge in [-0.3, -0.25) is 14.7 Å². The minimum absolute atomic E-state index is 0.0243. The number of aryl methyl sites for hydroxylation is 2. The Hall–Kier alpha value is -1.42. The van der Waals surface area contributed by atoms with E-state index in [0.29, 0.717) is 6.54 Å². The fourth-order valence-electron chi connectivity index (χ4n) is 2.87. The van der Waals surface area contributed by atoms with E-state index < -0.39 is 0 Å². The Morgan fingerprint density at radius 3 is 2.70 bits per heavy atom. The third kappa shape index (κ3) is 3.57. The summed E-state index contributed by atoms with van der Waals surface area (Å²) in [6, 6.07) is 2.08. The van der Waals surface area contributed by atoms with Gasteiger partial charge >= 0.3 is 0 Å². The Morgan fingerprint density at radius 1 is 1.40 bits per heavy atom. The van der Waals surface area contributed by atoms with E-state index in [1.165, 1.54) is 18.4 Å². The lowest BCUT2D eigenvalue weighted by atomic mass is 10.1. The maximum atomic E-state index is 12.3. The SMILES string of the molecule is CCC(C(=O)NCc1cnc(C)cc1C)N1CCCC1. The molecule has 0 bridgehead atoms. The van der Waals surface area contributed by atoms with Crippen molar-refractivity contribution in [1.29, 1.82) is 0 Å². The predicted molar refractivity (Wildman–Crippen MR) is 80.4 cm³/mol. The van der Waals surface area contributed by atoms with Gasteiger partial charge in [-0.15, -0.1) is 0 Å². The minimum atomic E-state index is 0.0243. The van der Waals surface area contributed by atoms with Gasteiger partial charge in [0.1, 0.15) is 0 Å². The molecule has 0 aliphatic carbocycles. The lowest BCUT2D eigenvalue weighted by Gasteiger charge is -2.25. The zero-order valence-corrected chi connectivity index (χ0v) is 12.8. The van der Waals surface area contributed by atoms with Gasteiger partial charge in [-0.2, -0.15) is 0 Å². The van der Waals surface area contributed by atoms with Crippen LogP contribution in [-0.4, -0.2) is 34.9 Å². The van der Waals surface area contributed by atoms with E-state index in [1.807, 2.05) is 13.1 Å². The number of pyridine rings is 1. The van der Waals surface area contributed by atoms with Crippen molar-refractivity contribution in [2.24, 2.45) is 0 Å². The highest BCUT2D eigenvalue weighted by Gasteiger charge is 2.26. The molecule has 1 atom stereocenters. The van der Waals surface area contributed by atoms with Gasteiger partial charge in [0.15, 0.2) is 0 Å². The quantitative estimate of drug-likeness (QED) is 0.896. The smallest absolute Gasteiger partial charge is 0.237 e. The van der Waals surface area contributed by atoms with Gasteiger partial charge in [0.2, 0.25) is 5.91 Å². The molecule has 1 aromatic rings. The van der Waals surface area contributed by atoms with Crippen molar-refractivity contribution < 1.29 is 4.79 Å². The second-order valence-electron chi connectivity index (χ2n) is 5.64. The lowest BCUT2D eigenvalue weighted by molar-refractivity contribution is -0.126. The first-order valence-corrected chi connectivity index (χ1v) is 7.55. The molecule has 1 saturated heterocycles. The molecule has 1 aliphatic rings. The number of amides is 1. The molecule has 4 heteroatoms. The Morgan fingerprint density at radius 2 is 2.10 bits per heavy atom. The average Bonchev–Trinajstić information content (AvgIpc) is 2.92. The number of carbonyl (C=O) groups is 1. The molecule has 0 aromatic carbocycles. The number of rotatable bonds is 5. The number of hydrogen-bond acceptors (Lipinski definition) is 3. The summed E-state index contributed by atoms with van der Waals surface area (Å²) >= 11 is 0. The standard InChI is InChI=1S/C16H25N3O/c1-4-15(19-7-5-6-8-19)16(20)18-11-14-10-17-13(3)9-12(14)2/h9-10,15H,4-8,11H2,1-3H3,(H,18,20). The number of nitrogens with one attached hydrogen (secondary N) is 1. The van der Waals surface area contributed by atoms with Gasteiger partial charge in [0.25, 0.3) is 0 Å². The van der Waals surface area contributed by atoms with Crippen LogP contribution in [0.5, 0.6) is 0 Å². The fraction of sp³-hybridized carbons (Fsp3) is 0.625. The molecule has 1 fully saturated rings. The molecule has 110 valence electrons. The van der Waals surface area contributed by atoms with E-state index in [2.05, 4.69) is 35.1 Å². The molecule has 1 aliphatic heterocycles. The van der Waals surface area contributed by atoms with Crippen molar-refractivity contribution in [2.75, 3.05) is 13.1 Å². The highest BCUT2D eigenvalue weighted by atomic mass is 16.2. The summed E-state index contributed by atoms with van der Waals surface area (Å²) in [6.45, 7) is 8.81. The van der Waals surface area contributed by atoms with Crippen molar-refractivity contribution in [1.82, 2.24) is 15.2 Å². The summed E-state index contributed by atoms with van der Waals surface area (Å²) in [5.41, 5.74) is 3.30. The Labute approximate surface area is 121 Å². The number of aromatic nitrogens is 1. The third-order valence-electron chi connectivity index (χ3n) is 4.08. The van der Waals surface area contributed by atoms with E-state index in [4.69, 9.17) is 0 Å². The van der Waals surface area contributed by atoms with Crippen LogP contribution in [0.1, 0.15) is 43.0 Å². The van der Waals surface area contributed by atoms with Crippen LogP contribution >= 0.6 is 0 Å². The van der Waals surface area contributed by atoms with E-state index in [1.54, 1.807) is 0 Å². The molecule has 1 aromatic heterocycles. The second-order valence-corrected chi connectivity index (χ2v) is 5.64. The van der Waals surface area contributed by atoms with Crippen LogP contribution in [0.2, 0.25) is 0 Å². The zero-order valence-electron chi connectivity index (χ0n) is 12.8. The fourth-order valence-corrected chi connectivity index (χ4v) is 2.87. The molecule has 2 rings (SSSR count). The van der Waals surface area contributed by atoms with Gasteiger partial charge in [-0.1, -0.05) is 6.92 Å². The first kappa shape index (κ1) is 15.0. The molecule has 4 nitrogen and oxygen atoms in total. The largest absolute Gasteiger partial charge is 0.351 e. The predicted octanol–water partition coefficient (Wildman–Crippen LogP) is 2.19. The van der Waals surface area contributed by atoms with Gasteiger partial charge in [0.05, 0.1) is 6.04 Å². The summed E-state index contributed by atoms with van der Waals surface area (Å²) in [4.78, 5) is 18.9. The molecule has 20 heavy (non-hydrogen) atoms. The van der Waals surface area contributed by atoms with Crippen LogP contribution in [0.3, 0.4) is 0 Å². The molecule has 2 heterocycles. The zero-order chi connectivity index (χ0) is 14.5. The lowest BCUT2D eigenvalue weighted by Crippen LogP contribution is -2.45. The van der Waals surface area contributed by atoms with Crippen LogP contribution in [0.4, 0.5) is 0 Å². The topological polar surface area (TPSA) is 45.2 Å². The average molecular weight is 275 g/mol. The van der Waals surface area contributed by atoms with Crippen LogP contribution in [0, 0.1) is 13.8 Å².